The highest BCUT2D eigenvalue weighted by Gasteiger charge is 2.50. The molecule has 39 heavy (non-hydrogen) atoms. The molecule has 1 saturated heterocycles. The Morgan fingerprint density at radius 1 is 1.26 bits per heavy atom. The van der Waals surface area contributed by atoms with Crippen molar-refractivity contribution in [1.82, 2.24) is 34.4 Å². The number of nitrogen functional groups attached to an aromatic ring is 1. The number of aliphatic hydroxyl groups excluding tert-OH is 1. The minimum Gasteiger partial charge on any atom is -0.385 e. The lowest BCUT2D eigenvalue weighted by atomic mass is 10.0. The average molecular weight is 549 g/mol. The molecule has 0 aliphatic carbocycles. The standard InChI is InChI=1S/C25H31F3N8O3/c1-14(2)35(8-4-3-5-19-33-16-7-6-15(25(26,27)28)9-17(16)34-19)10-18-21(37)24(38,11-39-18)36-13-32-20-22(29)30-12-31-23(20)36/h6-7,9,12-14,18,21,37-38H,3-5,8,10-11H2,1-2H3,(H,33,34)(H2,29,30,31). The van der Waals surface area contributed by atoms with Gasteiger partial charge in [-0.2, -0.15) is 13.2 Å². The first kappa shape index (κ1) is 27.2. The molecule has 0 spiro atoms. The number of unbranched alkanes of at least 4 members (excludes halogenated alkanes) is 1. The molecule has 5 rings (SSSR count). The summed E-state index contributed by atoms with van der Waals surface area (Å²) >= 11 is 0. The molecular weight excluding hydrogens is 517 g/mol. The van der Waals surface area contributed by atoms with Gasteiger partial charge in [-0.3, -0.25) is 9.47 Å². The average Bonchev–Trinajstić information content (AvgIpc) is 3.57. The summed E-state index contributed by atoms with van der Waals surface area (Å²) in [5, 5.41) is 22.4. The van der Waals surface area contributed by atoms with Crippen LogP contribution in [0.25, 0.3) is 22.2 Å². The second-order valence-corrected chi connectivity index (χ2v) is 10.2. The molecule has 4 heterocycles. The number of nitrogens with two attached hydrogens (primary N) is 1. The monoisotopic (exact) mass is 548 g/mol. The lowest BCUT2D eigenvalue weighted by molar-refractivity contribution is -0.137. The normalized spacial score (nSPS) is 22.2. The minimum atomic E-state index is -4.40. The molecule has 1 aliphatic rings. The van der Waals surface area contributed by atoms with Gasteiger partial charge in [0.1, 0.15) is 29.9 Å². The first-order chi connectivity index (χ1) is 18.5. The van der Waals surface area contributed by atoms with Crippen molar-refractivity contribution in [3.05, 3.63) is 42.2 Å². The number of hydrogen-bond acceptors (Lipinski definition) is 9. The van der Waals surface area contributed by atoms with E-state index in [1.165, 1.54) is 23.3 Å². The molecule has 3 aromatic heterocycles. The largest absolute Gasteiger partial charge is 0.416 e. The predicted octanol–water partition coefficient (Wildman–Crippen LogP) is 2.44. The Kier molecular flexibility index (Phi) is 7.22. The van der Waals surface area contributed by atoms with Gasteiger partial charge >= 0.3 is 6.18 Å². The molecule has 0 amide bonds. The maximum absolute atomic E-state index is 13.0. The number of aliphatic hydroxyl groups is 2. The van der Waals surface area contributed by atoms with Gasteiger partial charge in [0, 0.05) is 19.0 Å². The molecule has 0 saturated carbocycles. The summed E-state index contributed by atoms with van der Waals surface area (Å²) < 4.78 is 46.2. The predicted molar refractivity (Wildman–Crippen MR) is 136 cm³/mol. The minimum absolute atomic E-state index is 0.142. The van der Waals surface area contributed by atoms with Crippen molar-refractivity contribution in [2.45, 2.75) is 63.3 Å². The number of anilines is 1. The Bertz CT molecular complexity index is 1460. The molecule has 4 aromatic rings. The van der Waals surface area contributed by atoms with E-state index in [1.54, 1.807) is 0 Å². The number of halogens is 3. The third kappa shape index (κ3) is 5.29. The van der Waals surface area contributed by atoms with E-state index in [9.17, 15) is 23.4 Å². The summed E-state index contributed by atoms with van der Waals surface area (Å²) in [6.45, 7) is 5.00. The van der Waals surface area contributed by atoms with E-state index in [4.69, 9.17) is 10.5 Å². The summed E-state index contributed by atoms with van der Waals surface area (Å²) in [6, 6.07) is 3.63. The van der Waals surface area contributed by atoms with Crippen molar-refractivity contribution in [2.75, 3.05) is 25.4 Å². The van der Waals surface area contributed by atoms with Crippen molar-refractivity contribution in [3.63, 3.8) is 0 Å². The Labute approximate surface area is 221 Å². The van der Waals surface area contributed by atoms with Crippen LogP contribution in [0.4, 0.5) is 19.0 Å². The van der Waals surface area contributed by atoms with Crippen LogP contribution in [0.1, 0.15) is 38.1 Å². The summed E-state index contributed by atoms with van der Waals surface area (Å²) in [4.78, 5) is 21.8. The zero-order valence-electron chi connectivity index (χ0n) is 21.6. The van der Waals surface area contributed by atoms with Crippen LogP contribution >= 0.6 is 0 Å². The first-order valence-corrected chi connectivity index (χ1v) is 12.7. The number of benzene rings is 1. The number of imidazole rings is 2. The Balaban J connectivity index is 1.18. The number of rotatable bonds is 9. The lowest BCUT2D eigenvalue weighted by Gasteiger charge is -2.32. The van der Waals surface area contributed by atoms with Gasteiger partial charge in [0.05, 0.1) is 29.5 Å². The molecule has 210 valence electrons. The maximum Gasteiger partial charge on any atom is 0.416 e. The molecule has 1 fully saturated rings. The van der Waals surface area contributed by atoms with Gasteiger partial charge in [-0.15, -0.1) is 0 Å². The van der Waals surface area contributed by atoms with E-state index in [1.807, 2.05) is 13.8 Å². The second kappa shape index (κ2) is 10.3. The second-order valence-electron chi connectivity index (χ2n) is 10.2. The fraction of sp³-hybridized carbons (Fsp3) is 0.520. The van der Waals surface area contributed by atoms with Crippen LogP contribution in [0.15, 0.2) is 30.9 Å². The number of alkyl halides is 3. The van der Waals surface area contributed by atoms with Crippen molar-refractivity contribution >= 4 is 28.0 Å². The Morgan fingerprint density at radius 2 is 2.05 bits per heavy atom. The van der Waals surface area contributed by atoms with Crippen molar-refractivity contribution in [3.8, 4) is 0 Å². The van der Waals surface area contributed by atoms with Gasteiger partial charge in [-0.05, 0) is 51.4 Å². The molecule has 14 heteroatoms. The maximum atomic E-state index is 13.0. The van der Waals surface area contributed by atoms with Gasteiger partial charge < -0.3 is 25.7 Å². The molecule has 11 nitrogen and oxygen atoms in total. The number of hydrogen-bond donors (Lipinski definition) is 4. The van der Waals surface area contributed by atoms with Crippen LogP contribution in [-0.4, -0.2) is 82.5 Å². The van der Waals surface area contributed by atoms with E-state index in [0.29, 0.717) is 47.5 Å². The number of ether oxygens (including phenoxy) is 1. The molecule has 1 aromatic carbocycles. The summed E-state index contributed by atoms with van der Waals surface area (Å²) in [5.41, 5.74) is 4.87. The van der Waals surface area contributed by atoms with Crippen LogP contribution in [0.3, 0.4) is 0 Å². The first-order valence-electron chi connectivity index (χ1n) is 12.7. The van der Waals surface area contributed by atoms with E-state index in [-0.39, 0.29) is 18.5 Å². The number of nitrogens with zero attached hydrogens (tertiary/aromatic N) is 6. The Morgan fingerprint density at radius 3 is 2.79 bits per heavy atom. The molecule has 3 atom stereocenters. The molecule has 1 aliphatic heterocycles. The van der Waals surface area contributed by atoms with E-state index in [0.717, 1.165) is 25.0 Å². The third-order valence-electron chi connectivity index (χ3n) is 7.23. The van der Waals surface area contributed by atoms with Gasteiger partial charge in [0.15, 0.2) is 17.2 Å². The van der Waals surface area contributed by atoms with Gasteiger partial charge in [0.2, 0.25) is 0 Å². The van der Waals surface area contributed by atoms with Crippen LogP contribution < -0.4 is 5.73 Å². The van der Waals surface area contributed by atoms with Crippen molar-refractivity contribution in [2.24, 2.45) is 0 Å². The van der Waals surface area contributed by atoms with E-state index in [2.05, 4.69) is 29.8 Å². The topological polar surface area (TPSA) is 151 Å². The van der Waals surface area contributed by atoms with Gasteiger partial charge in [0.25, 0.3) is 0 Å². The number of aromatic nitrogens is 6. The van der Waals surface area contributed by atoms with E-state index >= 15 is 0 Å². The quantitative estimate of drug-likeness (QED) is 0.231. The molecule has 0 bridgehead atoms. The number of fused-ring (bicyclic) bond motifs is 2. The highest BCUT2D eigenvalue weighted by molar-refractivity contribution is 5.81. The van der Waals surface area contributed by atoms with Crippen molar-refractivity contribution in [1.29, 1.82) is 0 Å². The zero-order chi connectivity index (χ0) is 27.9. The Hall–Kier alpha value is -3.33. The smallest absolute Gasteiger partial charge is 0.385 e. The molecule has 0 radical (unpaired) electrons. The zero-order valence-corrected chi connectivity index (χ0v) is 21.6. The highest BCUT2D eigenvalue weighted by atomic mass is 19.4. The molecular formula is C25H31F3N8O3. The molecule has 3 unspecified atom stereocenters. The fourth-order valence-electron chi connectivity index (χ4n) is 4.96. The van der Waals surface area contributed by atoms with Crippen LogP contribution in [0.5, 0.6) is 0 Å². The lowest BCUT2D eigenvalue weighted by Crippen LogP contribution is -2.49. The number of aryl methyl sites for hydroxylation is 1. The van der Waals surface area contributed by atoms with E-state index < -0.39 is 29.7 Å². The summed E-state index contributed by atoms with van der Waals surface area (Å²) in [7, 11) is 0. The van der Waals surface area contributed by atoms with Crippen LogP contribution in [0.2, 0.25) is 0 Å². The van der Waals surface area contributed by atoms with Gasteiger partial charge in [-0.1, -0.05) is 0 Å². The summed E-state index contributed by atoms with van der Waals surface area (Å²) in [6.07, 6.45) is -1.54. The summed E-state index contributed by atoms with van der Waals surface area (Å²) in [5.74, 6) is 0.809. The molecule has 5 N–H and O–H groups in total. The van der Waals surface area contributed by atoms with Crippen LogP contribution in [0, 0.1) is 0 Å². The fourth-order valence-corrected chi connectivity index (χ4v) is 4.96. The highest BCUT2D eigenvalue weighted by Crippen LogP contribution is 2.33. The number of aromatic amines is 1. The number of H-pyrrole nitrogens is 1. The number of nitrogens with one attached hydrogen (secondary N) is 1. The third-order valence-corrected chi connectivity index (χ3v) is 7.23. The van der Waals surface area contributed by atoms with Crippen LogP contribution in [-0.2, 0) is 23.1 Å². The van der Waals surface area contributed by atoms with Crippen molar-refractivity contribution < 1.29 is 28.1 Å². The SMILES string of the molecule is CC(C)N(CCCCc1nc2ccc(C(F)(F)F)cc2[nH]1)CC1OCC(O)(n2cnc3c(N)ncnc32)C1O. The van der Waals surface area contributed by atoms with Gasteiger partial charge in [-0.25, -0.2) is 19.9 Å².